The first-order chi connectivity index (χ1) is 12.8. The molecule has 3 aromatic rings. The number of aromatic nitrogens is 2. The van der Waals surface area contributed by atoms with Crippen LogP contribution in [0.25, 0.3) is 10.2 Å². The van der Waals surface area contributed by atoms with Gasteiger partial charge in [-0.15, -0.1) is 0 Å². The molecule has 142 valence electrons. The third kappa shape index (κ3) is 4.09. The van der Waals surface area contributed by atoms with Crippen molar-refractivity contribution in [3.8, 4) is 0 Å². The van der Waals surface area contributed by atoms with Crippen LogP contribution in [0, 0.1) is 6.92 Å². The summed E-state index contributed by atoms with van der Waals surface area (Å²) in [6, 6.07) is 9.40. The number of alkyl halides is 3. The van der Waals surface area contributed by atoms with E-state index >= 15 is 0 Å². The van der Waals surface area contributed by atoms with Gasteiger partial charge in [-0.2, -0.15) is 13.2 Å². The van der Waals surface area contributed by atoms with E-state index in [0.717, 1.165) is 22.3 Å². The average molecular weight is 395 g/mol. The molecular formula is C18H16F3N3O2S. The van der Waals surface area contributed by atoms with Gasteiger partial charge in [0.25, 0.3) is 5.91 Å². The molecule has 0 saturated heterocycles. The van der Waals surface area contributed by atoms with Crippen molar-refractivity contribution in [2.75, 3.05) is 25.2 Å². The van der Waals surface area contributed by atoms with E-state index < -0.39 is 17.8 Å². The largest absolute Gasteiger partial charge is 0.433 e. The number of amides is 1. The number of pyridine rings is 1. The molecule has 1 amide bonds. The van der Waals surface area contributed by atoms with E-state index in [2.05, 4.69) is 9.97 Å². The standard InChI is InChI=1S/C18H16F3N3O2S/c1-11-12(7-8-15(22-11)18(19,20)21)16(25)24(9-10-26-2)17-23-13-5-3-4-6-14(13)27-17/h3-8H,9-10H2,1-2H3. The van der Waals surface area contributed by atoms with Gasteiger partial charge in [-0.1, -0.05) is 23.5 Å². The Bertz CT molecular complexity index is 939. The topological polar surface area (TPSA) is 55.3 Å². The normalized spacial score (nSPS) is 11.7. The lowest BCUT2D eigenvalue weighted by Crippen LogP contribution is -2.34. The third-order valence-corrected chi connectivity index (χ3v) is 4.94. The number of carbonyl (C=O) groups is 1. The molecule has 0 radical (unpaired) electrons. The number of ether oxygens (including phenoxy) is 1. The van der Waals surface area contributed by atoms with Crippen LogP contribution in [0.15, 0.2) is 36.4 Å². The van der Waals surface area contributed by atoms with Gasteiger partial charge >= 0.3 is 6.18 Å². The number of benzene rings is 1. The van der Waals surface area contributed by atoms with Crippen LogP contribution in [0.3, 0.4) is 0 Å². The van der Waals surface area contributed by atoms with E-state index in [1.165, 1.54) is 30.3 Å². The van der Waals surface area contributed by atoms with Crippen LogP contribution in [0.2, 0.25) is 0 Å². The number of carbonyl (C=O) groups excluding carboxylic acids is 1. The SMILES string of the molecule is COCCN(C(=O)c1ccc(C(F)(F)F)nc1C)c1nc2ccccc2s1. The minimum atomic E-state index is -4.56. The summed E-state index contributed by atoms with van der Waals surface area (Å²) in [4.78, 5) is 22.4. The number of aryl methyl sites for hydroxylation is 1. The first kappa shape index (κ1) is 19.2. The number of hydrogen-bond donors (Lipinski definition) is 0. The summed E-state index contributed by atoms with van der Waals surface area (Å²) in [6.45, 7) is 1.86. The predicted octanol–water partition coefficient (Wildman–Crippen LogP) is 4.31. The van der Waals surface area contributed by atoms with E-state index in [1.807, 2.05) is 24.3 Å². The highest BCUT2D eigenvalue weighted by Gasteiger charge is 2.33. The third-order valence-electron chi connectivity index (χ3n) is 3.88. The van der Waals surface area contributed by atoms with Gasteiger partial charge in [0.15, 0.2) is 5.13 Å². The quantitative estimate of drug-likeness (QED) is 0.646. The molecule has 3 rings (SSSR count). The number of methoxy groups -OCH3 is 1. The fourth-order valence-corrected chi connectivity index (χ4v) is 3.52. The molecule has 1 aromatic carbocycles. The van der Waals surface area contributed by atoms with Gasteiger partial charge in [-0.25, -0.2) is 9.97 Å². The van der Waals surface area contributed by atoms with Crippen molar-refractivity contribution >= 4 is 32.6 Å². The van der Waals surface area contributed by atoms with Gasteiger partial charge in [0.1, 0.15) is 5.69 Å². The van der Waals surface area contributed by atoms with Crippen molar-refractivity contribution in [3.05, 3.63) is 53.3 Å². The Morgan fingerprint density at radius 2 is 1.93 bits per heavy atom. The number of halogens is 3. The second-order valence-corrected chi connectivity index (χ2v) is 6.75. The molecule has 0 spiro atoms. The molecule has 2 heterocycles. The summed E-state index contributed by atoms with van der Waals surface area (Å²) in [5, 5.41) is 0.456. The van der Waals surface area contributed by atoms with E-state index in [9.17, 15) is 18.0 Å². The van der Waals surface area contributed by atoms with Crippen molar-refractivity contribution < 1.29 is 22.7 Å². The highest BCUT2D eigenvalue weighted by molar-refractivity contribution is 7.22. The molecule has 0 aliphatic carbocycles. The maximum Gasteiger partial charge on any atom is 0.433 e. The fourth-order valence-electron chi connectivity index (χ4n) is 2.53. The van der Waals surface area contributed by atoms with Crippen LogP contribution >= 0.6 is 11.3 Å². The lowest BCUT2D eigenvalue weighted by Gasteiger charge is -2.20. The van der Waals surface area contributed by atoms with Crippen LogP contribution in [0.4, 0.5) is 18.3 Å². The van der Waals surface area contributed by atoms with Crippen LogP contribution < -0.4 is 4.90 Å². The molecule has 0 atom stereocenters. The Labute approximate surface area is 157 Å². The molecule has 0 fully saturated rings. The van der Waals surface area contributed by atoms with Gasteiger partial charge in [-0.05, 0) is 31.2 Å². The number of fused-ring (bicyclic) bond motifs is 1. The second kappa shape index (κ2) is 7.61. The second-order valence-electron chi connectivity index (χ2n) is 5.74. The zero-order valence-corrected chi connectivity index (χ0v) is 15.4. The summed E-state index contributed by atoms with van der Waals surface area (Å²) in [6.07, 6.45) is -4.56. The molecule has 0 aliphatic heterocycles. The maximum absolute atomic E-state index is 13.0. The maximum atomic E-state index is 13.0. The van der Waals surface area contributed by atoms with Gasteiger partial charge in [-0.3, -0.25) is 9.69 Å². The lowest BCUT2D eigenvalue weighted by molar-refractivity contribution is -0.141. The predicted molar refractivity (Wildman–Crippen MR) is 97.1 cm³/mol. The summed E-state index contributed by atoms with van der Waals surface area (Å²) in [7, 11) is 1.51. The Morgan fingerprint density at radius 1 is 1.19 bits per heavy atom. The lowest BCUT2D eigenvalue weighted by atomic mass is 10.1. The number of anilines is 1. The summed E-state index contributed by atoms with van der Waals surface area (Å²) >= 11 is 1.33. The smallest absolute Gasteiger partial charge is 0.383 e. The molecule has 9 heteroatoms. The number of rotatable bonds is 5. The monoisotopic (exact) mass is 395 g/mol. The van der Waals surface area contributed by atoms with Crippen molar-refractivity contribution in [1.29, 1.82) is 0 Å². The molecule has 0 saturated carbocycles. The van der Waals surface area contributed by atoms with E-state index in [-0.39, 0.29) is 24.4 Å². The molecule has 2 aromatic heterocycles. The van der Waals surface area contributed by atoms with E-state index in [1.54, 1.807) is 0 Å². The molecule has 0 N–H and O–H groups in total. The van der Waals surface area contributed by atoms with Crippen molar-refractivity contribution in [1.82, 2.24) is 9.97 Å². The zero-order chi connectivity index (χ0) is 19.6. The Kier molecular flexibility index (Phi) is 5.43. The highest BCUT2D eigenvalue weighted by atomic mass is 32.1. The number of nitrogens with zero attached hydrogens (tertiary/aromatic N) is 3. The molecule has 5 nitrogen and oxygen atoms in total. The zero-order valence-electron chi connectivity index (χ0n) is 14.6. The van der Waals surface area contributed by atoms with Gasteiger partial charge in [0, 0.05) is 7.11 Å². The van der Waals surface area contributed by atoms with Crippen molar-refractivity contribution in [2.45, 2.75) is 13.1 Å². The minimum Gasteiger partial charge on any atom is -0.383 e. The number of hydrogen-bond acceptors (Lipinski definition) is 5. The van der Waals surface area contributed by atoms with Gasteiger partial charge in [0.2, 0.25) is 0 Å². The summed E-state index contributed by atoms with van der Waals surface area (Å²) in [5.41, 5.74) is -0.174. The molecule has 0 aliphatic rings. The summed E-state index contributed by atoms with van der Waals surface area (Å²) < 4.78 is 44.5. The average Bonchev–Trinajstić information content (AvgIpc) is 3.04. The van der Waals surface area contributed by atoms with E-state index in [0.29, 0.717) is 5.13 Å². The molecule has 27 heavy (non-hydrogen) atoms. The minimum absolute atomic E-state index is 0.0124. The first-order valence-electron chi connectivity index (χ1n) is 8.02. The Hall–Kier alpha value is -2.52. The molecule has 0 unspecified atom stereocenters. The van der Waals surface area contributed by atoms with Crippen molar-refractivity contribution in [3.63, 3.8) is 0 Å². The number of para-hydroxylation sites is 1. The van der Waals surface area contributed by atoms with Crippen LogP contribution in [-0.4, -0.2) is 36.1 Å². The van der Waals surface area contributed by atoms with Crippen LogP contribution in [0.1, 0.15) is 21.7 Å². The van der Waals surface area contributed by atoms with Crippen molar-refractivity contribution in [2.24, 2.45) is 0 Å². The van der Waals surface area contributed by atoms with Gasteiger partial charge < -0.3 is 4.74 Å². The fraction of sp³-hybridized carbons (Fsp3) is 0.278. The first-order valence-corrected chi connectivity index (χ1v) is 8.84. The molecule has 0 bridgehead atoms. The Morgan fingerprint density at radius 3 is 2.56 bits per heavy atom. The number of thiazole rings is 1. The summed E-state index contributed by atoms with van der Waals surface area (Å²) in [5.74, 6) is -0.468. The van der Waals surface area contributed by atoms with Crippen LogP contribution in [0.5, 0.6) is 0 Å². The Balaban J connectivity index is 1.98. The van der Waals surface area contributed by atoms with Crippen LogP contribution in [-0.2, 0) is 10.9 Å². The van der Waals surface area contributed by atoms with Gasteiger partial charge in [0.05, 0.1) is 34.6 Å². The highest BCUT2D eigenvalue weighted by Crippen LogP contribution is 2.31. The molecular weight excluding hydrogens is 379 g/mol. The van der Waals surface area contributed by atoms with E-state index in [4.69, 9.17) is 4.74 Å².